The lowest BCUT2D eigenvalue weighted by molar-refractivity contribution is -0.142. The van der Waals surface area contributed by atoms with Gasteiger partial charge in [0.15, 0.2) is 0 Å². The molecule has 1 N–H and O–H groups in total. The second kappa shape index (κ2) is 5.08. The van der Waals surface area contributed by atoms with Gasteiger partial charge in [0.05, 0.1) is 5.41 Å². The lowest BCUT2D eigenvalue weighted by atomic mass is 9.75. The van der Waals surface area contributed by atoms with Crippen LogP contribution in [0.2, 0.25) is 0 Å². The highest BCUT2D eigenvalue weighted by Crippen LogP contribution is 2.40. The van der Waals surface area contributed by atoms with Crippen LogP contribution in [0.4, 0.5) is 0 Å². The smallest absolute Gasteiger partial charge is 0.230 e. The van der Waals surface area contributed by atoms with Crippen LogP contribution >= 0.6 is 0 Å². The highest BCUT2D eigenvalue weighted by Gasteiger charge is 2.47. The fraction of sp³-hybridized carbons (Fsp3) is 0.938. The molecule has 2 rings (SSSR count). The van der Waals surface area contributed by atoms with Crippen LogP contribution in [0, 0.1) is 22.7 Å². The number of hydrogen-bond donors (Lipinski definition) is 1. The van der Waals surface area contributed by atoms with Crippen LogP contribution in [0.5, 0.6) is 0 Å². The van der Waals surface area contributed by atoms with E-state index >= 15 is 0 Å². The van der Waals surface area contributed by atoms with Crippen LogP contribution in [-0.2, 0) is 4.79 Å². The highest BCUT2D eigenvalue weighted by atomic mass is 16.2. The Hall–Kier alpha value is -0.570. The molecule has 2 aliphatic rings. The molecule has 0 aliphatic carbocycles. The maximum Gasteiger partial charge on any atom is 0.230 e. The summed E-state index contributed by atoms with van der Waals surface area (Å²) in [4.78, 5) is 15.1. The first-order chi connectivity index (χ1) is 8.77. The maximum absolute atomic E-state index is 13.0. The molecule has 2 atom stereocenters. The molecule has 0 aromatic rings. The van der Waals surface area contributed by atoms with Crippen LogP contribution < -0.4 is 5.32 Å². The van der Waals surface area contributed by atoms with E-state index in [9.17, 15) is 4.79 Å². The molecule has 1 amide bonds. The van der Waals surface area contributed by atoms with Gasteiger partial charge < -0.3 is 10.2 Å². The lowest BCUT2D eigenvalue weighted by Crippen LogP contribution is -2.47. The summed E-state index contributed by atoms with van der Waals surface area (Å²) >= 11 is 0. The van der Waals surface area contributed by atoms with Gasteiger partial charge in [-0.1, -0.05) is 34.6 Å². The summed E-state index contributed by atoms with van der Waals surface area (Å²) in [5.74, 6) is 1.47. The van der Waals surface area contributed by atoms with Crippen LogP contribution in [0.3, 0.4) is 0 Å². The van der Waals surface area contributed by atoms with Crippen molar-refractivity contribution < 1.29 is 4.79 Å². The summed E-state index contributed by atoms with van der Waals surface area (Å²) in [5.41, 5.74) is 0.167. The molecule has 2 aliphatic heterocycles. The summed E-state index contributed by atoms with van der Waals surface area (Å²) in [6.45, 7) is 15.0. The van der Waals surface area contributed by atoms with Gasteiger partial charge in [0.1, 0.15) is 0 Å². The van der Waals surface area contributed by atoms with Crippen molar-refractivity contribution in [3.63, 3.8) is 0 Å². The van der Waals surface area contributed by atoms with Crippen molar-refractivity contribution in [1.29, 1.82) is 0 Å². The standard InChI is InChI=1S/C16H30N2O/c1-12(2)16(7-8-17-11-16)14(19)18-9-6-13(10-18)15(3,4)5/h12-13,17H,6-11H2,1-5H3. The van der Waals surface area contributed by atoms with Gasteiger partial charge in [0.2, 0.25) is 5.91 Å². The predicted octanol–water partition coefficient (Wildman–Crippen LogP) is 2.52. The van der Waals surface area contributed by atoms with E-state index in [1.54, 1.807) is 0 Å². The number of carbonyl (C=O) groups is 1. The van der Waals surface area contributed by atoms with Crippen LogP contribution in [0.25, 0.3) is 0 Å². The van der Waals surface area contributed by atoms with Crippen LogP contribution in [0.1, 0.15) is 47.5 Å². The lowest BCUT2D eigenvalue weighted by Gasteiger charge is -2.36. The monoisotopic (exact) mass is 266 g/mol. The zero-order valence-electron chi connectivity index (χ0n) is 13.3. The Bertz CT molecular complexity index is 337. The summed E-state index contributed by atoms with van der Waals surface area (Å²) in [6.07, 6.45) is 2.16. The Kier molecular flexibility index (Phi) is 3.97. The Morgan fingerprint density at radius 2 is 2.05 bits per heavy atom. The van der Waals surface area contributed by atoms with Crippen molar-refractivity contribution in [2.45, 2.75) is 47.5 Å². The molecule has 0 aromatic heterocycles. The van der Waals surface area contributed by atoms with Gasteiger partial charge in [0.25, 0.3) is 0 Å². The molecule has 0 radical (unpaired) electrons. The Balaban J connectivity index is 2.08. The fourth-order valence-corrected chi connectivity index (χ4v) is 3.60. The second-order valence-corrected chi connectivity index (χ2v) is 7.84. The molecule has 3 nitrogen and oxygen atoms in total. The fourth-order valence-electron chi connectivity index (χ4n) is 3.60. The number of carbonyl (C=O) groups excluding carboxylic acids is 1. The van der Waals surface area contributed by atoms with E-state index in [2.05, 4.69) is 44.8 Å². The molecule has 0 aromatic carbocycles. The summed E-state index contributed by atoms with van der Waals surface area (Å²) in [5, 5.41) is 3.39. The van der Waals surface area contributed by atoms with E-state index in [4.69, 9.17) is 0 Å². The Labute approximate surface area is 118 Å². The van der Waals surface area contributed by atoms with Crippen molar-refractivity contribution >= 4 is 5.91 Å². The van der Waals surface area contributed by atoms with Gasteiger partial charge in [-0.3, -0.25) is 4.79 Å². The zero-order chi connectivity index (χ0) is 14.3. The van der Waals surface area contributed by atoms with Gasteiger partial charge in [-0.05, 0) is 36.6 Å². The Morgan fingerprint density at radius 1 is 1.37 bits per heavy atom. The number of likely N-dealkylation sites (tertiary alicyclic amines) is 1. The van der Waals surface area contributed by atoms with Crippen molar-refractivity contribution in [2.75, 3.05) is 26.2 Å². The first kappa shape index (κ1) is 14.8. The molecule has 19 heavy (non-hydrogen) atoms. The molecule has 2 unspecified atom stereocenters. The molecule has 0 spiro atoms. The average molecular weight is 266 g/mol. The first-order valence-electron chi connectivity index (χ1n) is 7.77. The SMILES string of the molecule is CC(C)C1(C(=O)N2CCC(C(C)(C)C)C2)CCNC1. The number of amides is 1. The van der Waals surface area contributed by atoms with Crippen molar-refractivity contribution in [3.05, 3.63) is 0 Å². The van der Waals surface area contributed by atoms with E-state index in [-0.39, 0.29) is 5.41 Å². The molecule has 2 heterocycles. The van der Waals surface area contributed by atoms with Gasteiger partial charge >= 0.3 is 0 Å². The van der Waals surface area contributed by atoms with Crippen molar-refractivity contribution in [1.82, 2.24) is 10.2 Å². The minimum absolute atomic E-state index is 0.146. The molecule has 2 fully saturated rings. The summed E-state index contributed by atoms with van der Waals surface area (Å²) in [7, 11) is 0. The number of nitrogens with one attached hydrogen (secondary N) is 1. The molecule has 3 heteroatoms. The van der Waals surface area contributed by atoms with Crippen molar-refractivity contribution in [2.24, 2.45) is 22.7 Å². The van der Waals surface area contributed by atoms with Gasteiger partial charge in [0, 0.05) is 19.6 Å². The summed E-state index contributed by atoms with van der Waals surface area (Å²) in [6, 6.07) is 0. The molecule has 0 bridgehead atoms. The highest BCUT2D eigenvalue weighted by molar-refractivity contribution is 5.84. The van der Waals surface area contributed by atoms with Gasteiger partial charge in [-0.15, -0.1) is 0 Å². The van der Waals surface area contributed by atoms with Crippen LogP contribution in [-0.4, -0.2) is 37.0 Å². The molecule has 110 valence electrons. The van der Waals surface area contributed by atoms with Crippen molar-refractivity contribution in [3.8, 4) is 0 Å². The van der Waals surface area contributed by atoms with E-state index in [1.165, 1.54) is 0 Å². The molecule has 0 saturated carbocycles. The van der Waals surface area contributed by atoms with Gasteiger partial charge in [-0.25, -0.2) is 0 Å². The zero-order valence-corrected chi connectivity index (χ0v) is 13.3. The molecule has 2 saturated heterocycles. The third-order valence-electron chi connectivity index (χ3n) is 5.42. The van der Waals surface area contributed by atoms with E-state index in [1.807, 2.05) is 0 Å². The largest absolute Gasteiger partial charge is 0.342 e. The van der Waals surface area contributed by atoms with Gasteiger partial charge in [-0.2, -0.15) is 0 Å². The van der Waals surface area contributed by atoms with E-state index < -0.39 is 0 Å². The van der Waals surface area contributed by atoms with Crippen LogP contribution in [0.15, 0.2) is 0 Å². The molecular weight excluding hydrogens is 236 g/mol. The number of nitrogens with zero attached hydrogens (tertiary/aromatic N) is 1. The quantitative estimate of drug-likeness (QED) is 0.833. The van der Waals surface area contributed by atoms with E-state index in [0.717, 1.165) is 39.0 Å². The maximum atomic E-state index is 13.0. The second-order valence-electron chi connectivity index (χ2n) is 7.84. The Morgan fingerprint density at radius 3 is 2.47 bits per heavy atom. The topological polar surface area (TPSA) is 32.3 Å². The minimum Gasteiger partial charge on any atom is -0.342 e. The first-order valence-corrected chi connectivity index (χ1v) is 7.77. The number of hydrogen-bond acceptors (Lipinski definition) is 2. The number of rotatable bonds is 2. The third-order valence-corrected chi connectivity index (χ3v) is 5.42. The minimum atomic E-state index is -0.146. The third kappa shape index (κ3) is 2.67. The average Bonchev–Trinajstić information content (AvgIpc) is 2.97. The molecular formula is C16H30N2O. The summed E-state index contributed by atoms with van der Waals surface area (Å²) < 4.78 is 0. The van der Waals surface area contributed by atoms with E-state index in [0.29, 0.717) is 23.2 Å². The normalized spacial score (nSPS) is 32.3. The predicted molar refractivity (Wildman–Crippen MR) is 78.9 cm³/mol.